The van der Waals surface area contributed by atoms with E-state index in [2.05, 4.69) is 155 Å². The molecule has 0 amide bonds. The predicted octanol–water partition coefficient (Wildman–Crippen LogP) is 13.0. The molecule has 10 rings (SSSR count). The number of pyridine rings is 2. The van der Waals surface area contributed by atoms with Crippen LogP contribution in [0.5, 0.6) is 0 Å². The quantitative estimate of drug-likeness (QED) is 0.180. The van der Waals surface area contributed by atoms with Crippen molar-refractivity contribution < 1.29 is 0 Å². The van der Waals surface area contributed by atoms with Crippen molar-refractivity contribution >= 4 is 43.4 Å². The smallest absolute Gasteiger partial charge is 0.0975 e. The van der Waals surface area contributed by atoms with Crippen molar-refractivity contribution in [3.63, 3.8) is 0 Å². The maximum Gasteiger partial charge on any atom is 0.0975 e. The van der Waals surface area contributed by atoms with Crippen LogP contribution < -0.4 is 0 Å². The van der Waals surface area contributed by atoms with Crippen LogP contribution in [0.4, 0.5) is 0 Å². The first kappa shape index (κ1) is 28.9. The van der Waals surface area contributed by atoms with E-state index in [-0.39, 0.29) is 0 Å². The van der Waals surface area contributed by atoms with Gasteiger partial charge in [-0.15, -0.1) is 0 Å². The fourth-order valence-electron chi connectivity index (χ4n) is 8.23. The van der Waals surface area contributed by atoms with Crippen LogP contribution in [0.15, 0.2) is 134 Å². The molecular formula is C48H34N2. The molecule has 1 aliphatic rings. The molecular weight excluding hydrogens is 605 g/mol. The number of hydrogen-bond acceptors (Lipinski definition) is 2. The third kappa shape index (κ3) is 4.15. The number of nitrogens with zero attached hydrogens (tertiary/aromatic N) is 2. The van der Waals surface area contributed by atoms with E-state index in [4.69, 9.17) is 9.97 Å². The molecule has 0 saturated carbocycles. The summed E-state index contributed by atoms with van der Waals surface area (Å²) in [6, 6.07) is 47.1. The third-order valence-corrected chi connectivity index (χ3v) is 11.3. The first-order chi connectivity index (χ1) is 24.4. The molecule has 0 unspecified atom stereocenters. The zero-order valence-electron chi connectivity index (χ0n) is 28.6. The molecule has 2 heterocycles. The SMILES string of the molecule is Cc1cnc2c(ccc3c(C)c(C)c(-c4ccc5cc(-c6ccc(-c7ccc8c9c(cccc79)-c7ccccc7-8)cc6)ccc5c4)nc32)c1C. The standard InChI is InChI=1S/C48H34N2/c1-27-26-49-47-37(28(27)2)20-21-38-29(3)30(4)46(50-48(38)47)36-19-18-34-24-33(16-17-35(34)25-36)31-12-14-32(15-13-31)39-22-23-44-41-9-6-5-8-40(41)43-11-7-10-42(39)45(43)44/h5-26H,1-4H3. The Labute approximate surface area is 291 Å². The van der Waals surface area contributed by atoms with Gasteiger partial charge in [-0.2, -0.15) is 0 Å². The van der Waals surface area contributed by atoms with Gasteiger partial charge >= 0.3 is 0 Å². The van der Waals surface area contributed by atoms with Crippen LogP contribution in [-0.2, 0) is 0 Å². The zero-order chi connectivity index (χ0) is 33.7. The summed E-state index contributed by atoms with van der Waals surface area (Å²) in [5, 5.41) is 7.45. The van der Waals surface area contributed by atoms with Crippen molar-refractivity contribution in [2.75, 3.05) is 0 Å². The largest absolute Gasteiger partial charge is 0.254 e. The fourth-order valence-corrected chi connectivity index (χ4v) is 8.23. The number of benzene rings is 7. The van der Waals surface area contributed by atoms with Crippen molar-refractivity contribution in [3.8, 4) is 55.8 Å². The van der Waals surface area contributed by atoms with Crippen LogP contribution in [0.25, 0.3) is 99.1 Å². The van der Waals surface area contributed by atoms with E-state index < -0.39 is 0 Å². The predicted molar refractivity (Wildman–Crippen MR) is 212 cm³/mol. The Kier molecular flexibility index (Phi) is 6.17. The minimum absolute atomic E-state index is 0.977. The zero-order valence-corrected chi connectivity index (χ0v) is 28.6. The van der Waals surface area contributed by atoms with Crippen molar-refractivity contribution in [1.29, 1.82) is 0 Å². The first-order valence-corrected chi connectivity index (χ1v) is 17.4. The van der Waals surface area contributed by atoms with E-state index in [0.717, 1.165) is 22.3 Å². The van der Waals surface area contributed by atoms with Crippen LogP contribution in [-0.4, -0.2) is 9.97 Å². The number of aromatic nitrogens is 2. The molecule has 0 fully saturated rings. The van der Waals surface area contributed by atoms with Crippen LogP contribution in [0.1, 0.15) is 22.3 Å². The van der Waals surface area contributed by atoms with Crippen LogP contribution in [0.3, 0.4) is 0 Å². The summed E-state index contributed by atoms with van der Waals surface area (Å²) in [7, 11) is 0. The Bertz CT molecular complexity index is 2870. The van der Waals surface area contributed by atoms with Crippen LogP contribution in [0.2, 0.25) is 0 Å². The maximum absolute atomic E-state index is 5.29. The minimum Gasteiger partial charge on any atom is -0.254 e. The fraction of sp³-hybridized carbons (Fsp3) is 0.0833. The normalized spacial score (nSPS) is 12.0. The average Bonchev–Trinajstić information content (AvgIpc) is 3.49. The van der Waals surface area contributed by atoms with Gasteiger partial charge in [0.05, 0.1) is 16.7 Å². The molecule has 2 nitrogen and oxygen atoms in total. The molecule has 7 aromatic carbocycles. The molecule has 2 aromatic heterocycles. The van der Waals surface area contributed by atoms with Gasteiger partial charge < -0.3 is 0 Å². The Hall–Kier alpha value is -6.12. The summed E-state index contributed by atoms with van der Waals surface area (Å²) in [6.45, 7) is 8.69. The Balaban J connectivity index is 1.01. The van der Waals surface area contributed by atoms with Gasteiger partial charge in [0, 0.05) is 22.5 Å². The summed E-state index contributed by atoms with van der Waals surface area (Å²) < 4.78 is 0. The van der Waals surface area contributed by atoms with E-state index in [1.54, 1.807) is 0 Å². The summed E-state index contributed by atoms with van der Waals surface area (Å²) in [5.74, 6) is 0. The molecule has 236 valence electrons. The summed E-state index contributed by atoms with van der Waals surface area (Å²) in [6.07, 6.45) is 1.97. The lowest BCUT2D eigenvalue weighted by Crippen LogP contribution is -1.97. The molecule has 0 radical (unpaired) electrons. The minimum atomic E-state index is 0.977. The number of rotatable bonds is 3. The highest BCUT2D eigenvalue weighted by Crippen LogP contribution is 2.49. The molecule has 2 heteroatoms. The van der Waals surface area contributed by atoms with Crippen molar-refractivity contribution in [2.24, 2.45) is 0 Å². The molecule has 50 heavy (non-hydrogen) atoms. The summed E-state index contributed by atoms with van der Waals surface area (Å²) in [5.41, 5.74) is 19.3. The second-order valence-electron chi connectivity index (χ2n) is 13.9. The van der Waals surface area contributed by atoms with E-state index in [9.17, 15) is 0 Å². The molecule has 0 saturated heterocycles. The number of aryl methyl sites for hydroxylation is 3. The van der Waals surface area contributed by atoms with Crippen molar-refractivity contribution in [3.05, 3.63) is 156 Å². The highest BCUT2D eigenvalue weighted by Gasteiger charge is 2.22. The Morgan fingerprint density at radius 3 is 1.76 bits per heavy atom. The van der Waals surface area contributed by atoms with Gasteiger partial charge in [0.15, 0.2) is 0 Å². The summed E-state index contributed by atoms with van der Waals surface area (Å²) >= 11 is 0. The monoisotopic (exact) mass is 638 g/mol. The molecule has 0 spiro atoms. The van der Waals surface area contributed by atoms with Gasteiger partial charge in [-0.25, -0.2) is 4.98 Å². The van der Waals surface area contributed by atoms with E-state index in [1.165, 1.54) is 99.1 Å². The average molecular weight is 639 g/mol. The molecule has 1 aliphatic carbocycles. The van der Waals surface area contributed by atoms with E-state index in [0.29, 0.717) is 0 Å². The molecule has 0 bridgehead atoms. The van der Waals surface area contributed by atoms with Gasteiger partial charge in [-0.1, -0.05) is 115 Å². The molecule has 0 N–H and O–H groups in total. The molecule has 0 atom stereocenters. The first-order valence-electron chi connectivity index (χ1n) is 17.4. The highest BCUT2D eigenvalue weighted by atomic mass is 14.8. The topological polar surface area (TPSA) is 25.8 Å². The third-order valence-electron chi connectivity index (χ3n) is 11.3. The number of hydrogen-bond donors (Lipinski definition) is 0. The lowest BCUT2D eigenvalue weighted by molar-refractivity contribution is 1.25. The van der Waals surface area contributed by atoms with Gasteiger partial charge in [0.25, 0.3) is 0 Å². The second-order valence-corrected chi connectivity index (χ2v) is 13.9. The Morgan fingerprint density at radius 2 is 1.00 bits per heavy atom. The van der Waals surface area contributed by atoms with Crippen molar-refractivity contribution in [1.82, 2.24) is 9.97 Å². The Morgan fingerprint density at radius 1 is 0.400 bits per heavy atom. The van der Waals surface area contributed by atoms with Crippen molar-refractivity contribution in [2.45, 2.75) is 27.7 Å². The maximum atomic E-state index is 5.29. The van der Waals surface area contributed by atoms with Gasteiger partial charge in [-0.3, -0.25) is 4.98 Å². The summed E-state index contributed by atoms with van der Waals surface area (Å²) in [4.78, 5) is 10.1. The molecule has 0 aliphatic heterocycles. The number of fused-ring (bicyclic) bond motifs is 7. The van der Waals surface area contributed by atoms with Gasteiger partial charge in [0.2, 0.25) is 0 Å². The van der Waals surface area contributed by atoms with E-state index in [1.807, 2.05) is 6.20 Å². The van der Waals surface area contributed by atoms with E-state index >= 15 is 0 Å². The van der Waals surface area contributed by atoms with Gasteiger partial charge in [0.1, 0.15) is 0 Å². The second kappa shape index (κ2) is 10.7. The van der Waals surface area contributed by atoms with Crippen LogP contribution in [0, 0.1) is 27.7 Å². The van der Waals surface area contributed by atoms with Crippen LogP contribution >= 0.6 is 0 Å². The molecule has 9 aromatic rings. The lowest BCUT2D eigenvalue weighted by Gasteiger charge is -2.15. The highest BCUT2D eigenvalue weighted by molar-refractivity contribution is 6.18. The van der Waals surface area contributed by atoms with Gasteiger partial charge in [-0.05, 0) is 128 Å². The lowest BCUT2D eigenvalue weighted by atomic mass is 9.92.